The number of rotatable bonds is 4. The van der Waals surface area contributed by atoms with E-state index in [-0.39, 0.29) is 5.91 Å². The number of amides is 1. The quantitative estimate of drug-likeness (QED) is 0.900. The molecule has 5 heteroatoms. The van der Waals surface area contributed by atoms with Crippen LogP contribution in [0.1, 0.15) is 31.9 Å². The SMILES string of the molecule is CC1CCN(C(=O)C(N)CCn2cccc2C#N)CC1. The van der Waals surface area contributed by atoms with E-state index in [0.29, 0.717) is 24.6 Å². The van der Waals surface area contributed by atoms with Gasteiger partial charge in [0.05, 0.1) is 6.04 Å². The maximum atomic E-state index is 12.2. The molecule has 2 N–H and O–H groups in total. The first-order valence-corrected chi connectivity index (χ1v) is 7.21. The predicted molar refractivity (Wildman–Crippen MR) is 76.7 cm³/mol. The number of likely N-dealkylation sites (tertiary alicyclic amines) is 1. The van der Waals surface area contributed by atoms with E-state index in [1.165, 1.54) is 0 Å². The molecule has 1 fully saturated rings. The molecule has 2 rings (SSSR count). The van der Waals surface area contributed by atoms with E-state index < -0.39 is 6.04 Å². The van der Waals surface area contributed by atoms with Gasteiger partial charge in [0.1, 0.15) is 11.8 Å². The van der Waals surface area contributed by atoms with E-state index in [2.05, 4.69) is 13.0 Å². The number of hydrogen-bond acceptors (Lipinski definition) is 3. The fraction of sp³-hybridized carbons (Fsp3) is 0.600. The predicted octanol–water partition coefficient (Wildman–Crippen LogP) is 1.34. The average molecular weight is 274 g/mol. The van der Waals surface area contributed by atoms with Gasteiger partial charge >= 0.3 is 0 Å². The van der Waals surface area contributed by atoms with E-state index >= 15 is 0 Å². The number of hydrogen-bond donors (Lipinski definition) is 1. The fourth-order valence-electron chi connectivity index (χ4n) is 2.58. The maximum Gasteiger partial charge on any atom is 0.239 e. The van der Waals surface area contributed by atoms with Crippen molar-refractivity contribution >= 4 is 5.91 Å². The normalized spacial score (nSPS) is 17.8. The van der Waals surface area contributed by atoms with E-state index in [9.17, 15) is 4.79 Å². The third kappa shape index (κ3) is 3.40. The average Bonchev–Trinajstić information content (AvgIpc) is 2.92. The number of carbonyl (C=O) groups excluding carboxylic acids is 1. The molecule has 0 aliphatic carbocycles. The van der Waals surface area contributed by atoms with Crippen LogP contribution in [-0.4, -0.2) is 34.5 Å². The minimum Gasteiger partial charge on any atom is -0.341 e. The largest absolute Gasteiger partial charge is 0.341 e. The first-order valence-electron chi connectivity index (χ1n) is 7.21. The topological polar surface area (TPSA) is 75.0 Å². The standard InChI is InChI=1S/C15H22N4O/c1-12-4-8-19(9-5-12)15(20)14(17)6-10-18-7-2-3-13(18)11-16/h2-3,7,12,14H,4-6,8-10,17H2,1H3. The lowest BCUT2D eigenvalue weighted by atomic mass is 9.98. The number of carbonyl (C=O) groups is 1. The van der Waals surface area contributed by atoms with Crippen molar-refractivity contribution in [2.75, 3.05) is 13.1 Å². The Morgan fingerprint density at radius 2 is 2.25 bits per heavy atom. The van der Waals surface area contributed by atoms with Crippen LogP contribution in [0, 0.1) is 17.2 Å². The summed E-state index contributed by atoms with van der Waals surface area (Å²) < 4.78 is 1.84. The molecule has 1 atom stereocenters. The molecule has 5 nitrogen and oxygen atoms in total. The Kier molecular flexibility index (Phi) is 4.80. The Morgan fingerprint density at radius 3 is 2.90 bits per heavy atom. The second kappa shape index (κ2) is 6.58. The zero-order chi connectivity index (χ0) is 14.5. The molecule has 0 saturated carbocycles. The summed E-state index contributed by atoms with van der Waals surface area (Å²) in [7, 11) is 0. The van der Waals surface area contributed by atoms with Crippen molar-refractivity contribution in [1.29, 1.82) is 5.26 Å². The van der Waals surface area contributed by atoms with Crippen LogP contribution in [0.5, 0.6) is 0 Å². The lowest BCUT2D eigenvalue weighted by Crippen LogP contribution is -2.47. The smallest absolute Gasteiger partial charge is 0.239 e. The Hall–Kier alpha value is -1.80. The summed E-state index contributed by atoms with van der Waals surface area (Å²) in [5, 5.41) is 8.93. The summed E-state index contributed by atoms with van der Waals surface area (Å²) >= 11 is 0. The molecule has 2 heterocycles. The van der Waals surface area contributed by atoms with E-state index in [4.69, 9.17) is 11.0 Å². The highest BCUT2D eigenvalue weighted by Crippen LogP contribution is 2.17. The van der Waals surface area contributed by atoms with Gasteiger partial charge in [0.15, 0.2) is 0 Å². The second-order valence-electron chi connectivity index (χ2n) is 5.60. The molecule has 0 radical (unpaired) electrons. The van der Waals surface area contributed by atoms with Gasteiger partial charge in [-0.1, -0.05) is 6.92 Å². The first-order chi connectivity index (χ1) is 9.61. The molecule has 1 saturated heterocycles. The summed E-state index contributed by atoms with van der Waals surface area (Å²) in [5.41, 5.74) is 6.61. The van der Waals surface area contributed by atoms with Gasteiger partial charge in [-0.15, -0.1) is 0 Å². The molecule has 1 unspecified atom stereocenters. The molecule has 1 aliphatic rings. The maximum absolute atomic E-state index is 12.2. The van der Waals surface area contributed by atoms with Crippen molar-refractivity contribution in [1.82, 2.24) is 9.47 Å². The number of aromatic nitrogens is 1. The molecule has 20 heavy (non-hydrogen) atoms. The van der Waals surface area contributed by atoms with E-state index in [1.54, 1.807) is 6.07 Å². The van der Waals surface area contributed by atoms with Gasteiger partial charge < -0.3 is 15.2 Å². The van der Waals surface area contributed by atoms with Crippen LogP contribution in [-0.2, 0) is 11.3 Å². The van der Waals surface area contributed by atoms with Crippen molar-refractivity contribution in [3.63, 3.8) is 0 Å². The van der Waals surface area contributed by atoms with Gasteiger partial charge in [-0.25, -0.2) is 0 Å². The van der Waals surface area contributed by atoms with Crippen molar-refractivity contribution in [3.05, 3.63) is 24.0 Å². The summed E-state index contributed by atoms with van der Waals surface area (Å²) in [5.74, 6) is 0.746. The summed E-state index contributed by atoms with van der Waals surface area (Å²) in [6, 6.07) is 5.24. The van der Waals surface area contributed by atoms with E-state index in [0.717, 1.165) is 25.9 Å². The van der Waals surface area contributed by atoms with Gasteiger partial charge in [0.2, 0.25) is 5.91 Å². The molecule has 1 aliphatic heterocycles. The van der Waals surface area contributed by atoms with Crippen molar-refractivity contribution in [2.24, 2.45) is 11.7 Å². The highest BCUT2D eigenvalue weighted by atomic mass is 16.2. The zero-order valence-corrected chi connectivity index (χ0v) is 12.0. The molecule has 0 spiro atoms. The molecule has 1 aromatic rings. The van der Waals surface area contributed by atoms with Crippen LogP contribution in [0.3, 0.4) is 0 Å². The van der Waals surface area contributed by atoms with Crippen LogP contribution >= 0.6 is 0 Å². The molecule has 0 aromatic carbocycles. The molecule has 1 aromatic heterocycles. The molecule has 0 bridgehead atoms. The minimum atomic E-state index is -0.475. The first kappa shape index (κ1) is 14.6. The van der Waals surface area contributed by atoms with Crippen LogP contribution in [0.2, 0.25) is 0 Å². The van der Waals surface area contributed by atoms with Gasteiger partial charge in [0, 0.05) is 25.8 Å². The van der Waals surface area contributed by atoms with Crippen molar-refractivity contribution in [3.8, 4) is 6.07 Å². The van der Waals surface area contributed by atoms with Gasteiger partial charge in [-0.2, -0.15) is 5.26 Å². The summed E-state index contributed by atoms with van der Waals surface area (Å²) in [4.78, 5) is 14.1. The third-order valence-corrected chi connectivity index (χ3v) is 4.04. The van der Waals surface area contributed by atoms with Crippen LogP contribution in [0.25, 0.3) is 0 Å². The minimum absolute atomic E-state index is 0.0440. The number of aryl methyl sites for hydroxylation is 1. The van der Waals surface area contributed by atoms with Gasteiger partial charge in [0.25, 0.3) is 0 Å². The van der Waals surface area contributed by atoms with Crippen LogP contribution in [0.4, 0.5) is 0 Å². The monoisotopic (exact) mass is 274 g/mol. The number of piperidine rings is 1. The number of nitrogens with zero attached hydrogens (tertiary/aromatic N) is 3. The van der Waals surface area contributed by atoms with Crippen LogP contribution in [0.15, 0.2) is 18.3 Å². The lowest BCUT2D eigenvalue weighted by Gasteiger charge is -2.32. The Balaban J connectivity index is 1.84. The van der Waals surface area contributed by atoms with Gasteiger partial charge in [-0.05, 0) is 37.3 Å². The molecule has 1 amide bonds. The Labute approximate surface area is 120 Å². The van der Waals surface area contributed by atoms with Crippen LogP contribution < -0.4 is 5.73 Å². The lowest BCUT2D eigenvalue weighted by molar-refractivity contribution is -0.134. The molecule has 108 valence electrons. The van der Waals surface area contributed by atoms with E-state index in [1.807, 2.05) is 21.7 Å². The van der Waals surface area contributed by atoms with Crippen molar-refractivity contribution < 1.29 is 4.79 Å². The zero-order valence-electron chi connectivity index (χ0n) is 12.0. The summed E-state index contributed by atoms with van der Waals surface area (Å²) in [6.07, 6.45) is 4.54. The number of nitrogens with two attached hydrogens (primary N) is 1. The third-order valence-electron chi connectivity index (χ3n) is 4.04. The van der Waals surface area contributed by atoms with Crippen molar-refractivity contribution in [2.45, 2.75) is 38.8 Å². The van der Waals surface area contributed by atoms with Gasteiger partial charge in [-0.3, -0.25) is 4.79 Å². The Morgan fingerprint density at radius 1 is 1.55 bits per heavy atom. The summed E-state index contributed by atoms with van der Waals surface area (Å²) in [6.45, 7) is 4.46. The number of nitriles is 1. The molecular weight excluding hydrogens is 252 g/mol. The highest BCUT2D eigenvalue weighted by molar-refractivity contribution is 5.81. The fourth-order valence-corrected chi connectivity index (χ4v) is 2.58. The Bertz CT molecular complexity index is 494. The molecular formula is C15H22N4O. The highest BCUT2D eigenvalue weighted by Gasteiger charge is 2.24. The second-order valence-corrected chi connectivity index (χ2v) is 5.60.